The van der Waals surface area contributed by atoms with Crippen LogP contribution in [0.25, 0.3) is 0 Å². The van der Waals surface area contributed by atoms with E-state index in [1.807, 2.05) is 60.7 Å². The molecule has 10 nitrogen and oxygen atoms in total. The van der Waals surface area contributed by atoms with E-state index in [4.69, 9.17) is 14.2 Å². The van der Waals surface area contributed by atoms with Gasteiger partial charge in [0.2, 0.25) is 0 Å². The van der Waals surface area contributed by atoms with Crippen LogP contribution in [-0.4, -0.2) is 57.9 Å². The molecule has 0 spiro atoms. The second-order valence-corrected chi connectivity index (χ2v) is 10.9. The molecule has 1 saturated heterocycles. The van der Waals surface area contributed by atoms with Crippen LogP contribution in [0.5, 0.6) is 0 Å². The summed E-state index contributed by atoms with van der Waals surface area (Å²) >= 11 is 1.31. The predicted octanol–water partition coefficient (Wildman–Crippen LogP) is 3.93. The first-order valence-corrected chi connectivity index (χ1v) is 13.3. The molecule has 1 fully saturated rings. The Kier molecular flexibility index (Phi) is 8.39. The first-order chi connectivity index (χ1) is 18.5. The summed E-state index contributed by atoms with van der Waals surface area (Å²) in [4.78, 5) is 51.7. The lowest BCUT2D eigenvalue weighted by Gasteiger charge is -2.44. The summed E-state index contributed by atoms with van der Waals surface area (Å²) in [5, 5.41) is 3.31. The molecule has 11 heteroatoms. The Morgan fingerprint density at radius 1 is 1.05 bits per heavy atom. The number of nitrogens with zero attached hydrogens (tertiary/aromatic N) is 2. The Morgan fingerprint density at radius 3 is 2.18 bits per heavy atom. The number of carbonyl (C=O) groups is 4. The zero-order valence-corrected chi connectivity index (χ0v) is 22.8. The molecule has 0 aliphatic carbocycles. The number of esters is 2. The number of nitrogens with one attached hydrogen (secondary N) is 1. The summed E-state index contributed by atoms with van der Waals surface area (Å²) in [6, 6.07) is 18.5. The van der Waals surface area contributed by atoms with E-state index in [9.17, 15) is 19.2 Å². The number of hydrogen-bond donors (Lipinski definition) is 1. The van der Waals surface area contributed by atoms with E-state index in [0.29, 0.717) is 5.57 Å². The number of amides is 2. The Labute approximate surface area is 230 Å². The van der Waals surface area contributed by atoms with Gasteiger partial charge in [-0.25, -0.2) is 15.0 Å². The molecule has 39 heavy (non-hydrogen) atoms. The molecule has 2 aliphatic heterocycles. The van der Waals surface area contributed by atoms with E-state index in [2.05, 4.69) is 10.5 Å². The van der Waals surface area contributed by atoms with Crippen LogP contribution in [0.2, 0.25) is 0 Å². The molecule has 0 aromatic heterocycles. The van der Waals surface area contributed by atoms with Crippen LogP contribution < -0.4 is 5.43 Å². The number of hydrazone groups is 1. The van der Waals surface area contributed by atoms with Gasteiger partial charge in [0.1, 0.15) is 23.3 Å². The summed E-state index contributed by atoms with van der Waals surface area (Å²) in [5.41, 5.74) is 3.49. The molecule has 204 valence electrons. The Hall–Kier alpha value is -4.12. The summed E-state index contributed by atoms with van der Waals surface area (Å²) in [7, 11) is 0. The van der Waals surface area contributed by atoms with Crippen molar-refractivity contribution in [3.63, 3.8) is 0 Å². The summed E-state index contributed by atoms with van der Waals surface area (Å²) < 4.78 is 16.4. The van der Waals surface area contributed by atoms with Gasteiger partial charge in [-0.05, 0) is 31.9 Å². The molecule has 2 aromatic carbocycles. The first kappa shape index (κ1) is 27.9. The lowest BCUT2D eigenvalue weighted by Crippen LogP contribution is -2.63. The lowest BCUT2D eigenvalue weighted by atomic mass is 10.0. The smallest absolute Gasteiger partial charge is 0.428 e. The third kappa shape index (κ3) is 6.66. The fourth-order valence-electron chi connectivity index (χ4n) is 3.98. The monoisotopic (exact) mass is 551 g/mol. The van der Waals surface area contributed by atoms with E-state index < -0.39 is 41.0 Å². The van der Waals surface area contributed by atoms with Gasteiger partial charge in [-0.3, -0.25) is 14.5 Å². The third-order valence-corrected chi connectivity index (χ3v) is 6.90. The molecule has 2 aromatic rings. The van der Waals surface area contributed by atoms with Crippen LogP contribution >= 0.6 is 11.8 Å². The van der Waals surface area contributed by atoms with Crippen molar-refractivity contribution in [2.24, 2.45) is 5.10 Å². The molecule has 2 aliphatic rings. The van der Waals surface area contributed by atoms with E-state index in [1.165, 1.54) is 23.6 Å². The number of ether oxygens (including phenoxy) is 3. The second kappa shape index (κ2) is 11.7. The largest absolute Gasteiger partial charge is 0.461 e. The molecule has 1 N–H and O–H groups in total. The van der Waals surface area contributed by atoms with Crippen molar-refractivity contribution in [2.75, 3.05) is 12.4 Å². The molecule has 0 bridgehead atoms. The van der Waals surface area contributed by atoms with Gasteiger partial charge in [-0.2, -0.15) is 5.10 Å². The number of benzene rings is 2. The lowest BCUT2D eigenvalue weighted by molar-refractivity contribution is -0.148. The Balaban J connectivity index is 1.62. The SMILES string of the molecule is CC(=O)OCC1=C(C(=O)OC(c2ccccc2)c2ccccc2)N2C(=O)/C(=N\NC(=O)OC(C)(C)C)[C@H]2SC1. The molecular weight excluding hydrogens is 522 g/mol. The third-order valence-electron chi connectivity index (χ3n) is 5.64. The van der Waals surface area contributed by atoms with Crippen molar-refractivity contribution < 1.29 is 33.4 Å². The number of β-lactam (4-membered cyclic amide) rings is 1. The predicted molar refractivity (Wildman–Crippen MR) is 144 cm³/mol. The number of hydrogen-bond acceptors (Lipinski definition) is 9. The van der Waals surface area contributed by atoms with Crippen LogP contribution in [0.1, 0.15) is 44.9 Å². The van der Waals surface area contributed by atoms with Crippen molar-refractivity contribution in [1.82, 2.24) is 10.3 Å². The summed E-state index contributed by atoms with van der Waals surface area (Å²) in [6.07, 6.45) is -1.55. The average molecular weight is 552 g/mol. The van der Waals surface area contributed by atoms with E-state index >= 15 is 0 Å². The number of rotatable bonds is 7. The zero-order valence-electron chi connectivity index (χ0n) is 22.0. The van der Waals surface area contributed by atoms with Gasteiger partial charge >= 0.3 is 18.0 Å². The van der Waals surface area contributed by atoms with E-state index in [1.54, 1.807) is 20.8 Å². The van der Waals surface area contributed by atoms with Crippen molar-refractivity contribution in [2.45, 2.75) is 44.8 Å². The van der Waals surface area contributed by atoms with Crippen molar-refractivity contribution in [1.29, 1.82) is 0 Å². The molecule has 2 heterocycles. The van der Waals surface area contributed by atoms with Crippen molar-refractivity contribution in [3.8, 4) is 0 Å². The highest BCUT2D eigenvalue weighted by Crippen LogP contribution is 2.40. The minimum Gasteiger partial charge on any atom is -0.461 e. The minimum absolute atomic E-state index is 0.00178. The van der Waals surface area contributed by atoms with Crippen LogP contribution in [0.4, 0.5) is 4.79 Å². The number of carbonyl (C=O) groups excluding carboxylic acids is 4. The van der Waals surface area contributed by atoms with Gasteiger partial charge in [-0.15, -0.1) is 11.8 Å². The van der Waals surface area contributed by atoms with Gasteiger partial charge in [0, 0.05) is 18.2 Å². The highest BCUT2D eigenvalue weighted by Gasteiger charge is 2.52. The fourth-order valence-corrected chi connectivity index (χ4v) is 5.22. The van der Waals surface area contributed by atoms with Crippen LogP contribution in [-0.2, 0) is 28.6 Å². The minimum atomic E-state index is -0.804. The molecule has 0 radical (unpaired) electrons. The van der Waals surface area contributed by atoms with Gasteiger partial charge in [0.25, 0.3) is 5.91 Å². The summed E-state index contributed by atoms with van der Waals surface area (Å²) in [6.45, 7) is 6.21. The summed E-state index contributed by atoms with van der Waals surface area (Å²) in [5.74, 6) is -1.56. The van der Waals surface area contributed by atoms with E-state index in [0.717, 1.165) is 11.1 Å². The molecule has 4 rings (SSSR count). The number of thioether (sulfide) groups is 1. The highest BCUT2D eigenvalue weighted by atomic mass is 32.2. The van der Waals surface area contributed by atoms with E-state index in [-0.39, 0.29) is 23.8 Å². The number of fused-ring (bicyclic) bond motifs is 1. The molecular formula is C28H29N3O7S. The van der Waals surface area contributed by atoms with Crippen LogP contribution in [0.15, 0.2) is 77.0 Å². The van der Waals surface area contributed by atoms with Gasteiger partial charge in [0.05, 0.1) is 0 Å². The molecule has 0 unspecified atom stereocenters. The Bertz CT molecular complexity index is 1280. The van der Waals surface area contributed by atoms with Gasteiger partial charge < -0.3 is 14.2 Å². The Morgan fingerprint density at radius 2 is 1.64 bits per heavy atom. The molecule has 2 amide bonds. The second-order valence-electron chi connectivity index (χ2n) is 9.79. The van der Waals surface area contributed by atoms with Gasteiger partial charge in [0.15, 0.2) is 11.8 Å². The average Bonchev–Trinajstić information content (AvgIpc) is 2.89. The topological polar surface area (TPSA) is 124 Å². The molecule has 1 atom stereocenters. The maximum atomic E-state index is 13.7. The first-order valence-electron chi connectivity index (χ1n) is 12.2. The molecule has 0 saturated carbocycles. The zero-order chi connectivity index (χ0) is 28.2. The standard InChI is InChI=1S/C28H29N3O7S/c1-17(32)36-15-20-16-39-25-21(29-30-27(35)38-28(2,3)4)24(33)31(25)22(20)26(34)37-23(18-11-7-5-8-12-18)19-13-9-6-10-14-19/h5-14,23,25H,15-16H2,1-4H3,(H,30,35)/b29-21+/t25-/m1/s1. The van der Waals surface area contributed by atoms with Crippen LogP contribution in [0.3, 0.4) is 0 Å². The highest BCUT2D eigenvalue weighted by molar-refractivity contribution is 8.01. The van der Waals surface area contributed by atoms with Crippen molar-refractivity contribution >= 4 is 41.4 Å². The van der Waals surface area contributed by atoms with Crippen molar-refractivity contribution in [3.05, 3.63) is 83.1 Å². The maximum Gasteiger partial charge on any atom is 0.428 e. The maximum absolute atomic E-state index is 13.7. The van der Waals surface area contributed by atoms with Crippen LogP contribution in [0, 0.1) is 0 Å². The normalized spacial score (nSPS) is 17.9. The quantitative estimate of drug-likeness (QED) is 0.238. The van der Waals surface area contributed by atoms with Gasteiger partial charge in [-0.1, -0.05) is 60.7 Å². The fraction of sp³-hybridized carbons (Fsp3) is 0.321.